The van der Waals surface area contributed by atoms with Gasteiger partial charge in [0.25, 0.3) is 0 Å². The highest BCUT2D eigenvalue weighted by atomic mass is 28.4. The van der Waals surface area contributed by atoms with Crippen molar-refractivity contribution in [2.45, 2.75) is 71.5 Å². The number of carboxylic acid groups (broad SMARTS) is 1. The number of hydrogen-bond donors (Lipinski definition) is 1. The smallest absolute Gasteiger partial charge is 0.303 e. The average molecular weight is 274 g/mol. The van der Waals surface area contributed by atoms with E-state index in [2.05, 4.69) is 41.5 Å². The van der Waals surface area contributed by atoms with Gasteiger partial charge in [-0.3, -0.25) is 4.79 Å². The molecule has 3 nitrogen and oxygen atoms in total. The second kappa shape index (κ2) is 7.29. The van der Waals surface area contributed by atoms with E-state index in [0.717, 1.165) is 0 Å². The first-order valence-electron chi connectivity index (χ1n) is 7.00. The molecule has 0 amide bonds. The van der Waals surface area contributed by atoms with Gasteiger partial charge in [-0.05, 0) is 22.5 Å². The molecule has 1 atom stereocenters. The summed E-state index contributed by atoms with van der Waals surface area (Å²) in [5.74, 6) is -0.650. The van der Waals surface area contributed by atoms with Crippen LogP contribution < -0.4 is 0 Å². The molecule has 0 radical (unpaired) electrons. The Hall–Kier alpha value is -0.353. The quantitative estimate of drug-likeness (QED) is 0.672. The SMILES string of the molecule is CC(C)[Si](OC[C@@H](C)CC(=O)O)(C(C)C)C(C)C. The summed E-state index contributed by atoms with van der Waals surface area (Å²) in [6, 6.07) is 0. The summed E-state index contributed by atoms with van der Waals surface area (Å²) in [4.78, 5) is 10.7. The van der Waals surface area contributed by atoms with Crippen LogP contribution in [-0.4, -0.2) is 26.0 Å². The maximum Gasteiger partial charge on any atom is 0.303 e. The molecule has 0 aliphatic heterocycles. The van der Waals surface area contributed by atoms with Gasteiger partial charge >= 0.3 is 5.97 Å². The Labute approximate surface area is 113 Å². The zero-order valence-corrected chi connectivity index (χ0v) is 14.0. The Kier molecular flexibility index (Phi) is 7.15. The fraction of sp³-hybridized carbons (Fsp3) is 0.929. The predicted molar refractivity (Wildman–Crippen MR) is 78.4 cm³/mol. The molecule has 0 aromatic heterocycles. The van der Waals surface area contributed by atoms with Gasteiger partial charge in [0.1, 0.15) is 0 Å². The van der Waals surface area contributed by atoms with E-state index >= 15 is 0 Å². The second-order valence-electron chi connectivity index (χ2n) is 6.33. The molecule has 0 heterocycles. The molecule has 0 aromatic rings. The highest BCUT2D eigenvalue weighted by Gasteiger charge is 2.45. The van der Waals surface area contributed by atoms with Crippen LogP contribution in [0.25, 0.3) is 0 Å². The lowest BCUT2D eigenvalue weighted by molar-refractivity contribution is -0.138. The van der Waals surface area contributed by atoms with Crippen LogP contribution in [0.4, 0.5) is 0 Å². The summed E-state index contributed by atoms with van der Waals surface area (Å²) in [6.07, 6.45) is 0.193. The van der Waals surface area contributed by atoms with Gasteiger partial charge in [-0.15, -0.1) is 0 Å². The molecule has 18 heavy (non-hydrogen) atoms. The van der Waals surface area contributed by atoms with Gasteiger partial charge in [0.2, 0.25) is 0 Å². The molecule has 0 saturated heterocycles. The zero-order valence-electron chi connectivity index (χ0n) is 13.0. The number of carbonyl (C=O) groups is 1. The van der Waals surface area contributed by atoms with Gasteiger partial charge in [-0.1, -0.05) is 48.5 Å². The van der Waals surface area contributed by atoms with E-state index in [0.29, 0.717) is 23.2 Å². The van der Waals surface area contributed by atoms with Gasteiger partial charge in [-0.25, -0.2) is 0 Å². The third kappa shape index (κ3) is 4.39. The minimum absolute atomic E-state index is 0.0885. The maximum atomic E-state index is 10.7. The Balaban J connectivity index is 4.75. The largest absolute Gasteiger partial charge is 0.481 e. The Bertz CT molecular complexity index is 240. The van der Waals surface area contributed by atoms with Crippen LogP contribution in [-0.2, 0) is 9.22 Å². The van der Waals surface area contributed by atoms with Crippen molar-refractivity contribution in [2.75, 3.05) is 6.61 Å². The fourth-order valence-corrected chi connectivity index (χ4v) is 8.72. The topological polar surface area (TPSA) is 46.5 Å². The average Bonchev–Trinajstić information content (AvgIpc) is 2.15. The van der Waals surface area contributed by atoms with E-state index in [-0.39, 0.29) is 12.3 Å². The van der Waals surface area contributed by atoms with E-state index in [4.69, 9.17) is 9.53 Å². The van der Waals surface area contributed by atoms with Crippen molar-refractivity contribution in [1.82, 2.24) is 0 Å². The number of hydrogen-bond acceptors (Lipinski definition) is 2. The van der Waals surface area contributed by atoms with Crippen LogP contribution in [0.2, 0.25) is 16.6 Å². The van der Waals surface area contributed by atoms with Crippen LogP contribution >= 0.6 is 0 Å². The van der Waals surface area contributed by atoms with E-state index in [1.54, 1.807) is 0 Å². The highest BCUT2D eigenvalue weighted by Crippen LogP contribution is 2.42. The van der Waals surface area contributed by atoms with Gasteiger partial charge in [-0.2, -0.15) is 0 Å². The molecule has 0 saturated carbocycles. The molecule has 0 unspecified atom stereocenters. The van der Waals surface area contributed by atoms with Crippen molar-refractivity contribution in [3.8, 4) is 0 Å². The molecular weight excluding hydrogens is 244 g/mol. The third-order valence-electron chi connectivity index (χ3n) is 3.85. The van der Waals surface area contributed by atoms with Crippen molar-refractivity contribution in [1.29, 1.82) is 0 Å². The first-order chi connectivity index (χ1) is 8.14. The minimum atomic E-state index is -1.83. The molecule has 0 spiro atoms. The molecule has 0 bridgehead atoms. The van der Waals surface area contributed by atoms with Gasteiger partial charge in [0, 0.05) is 6.61 Å². The normalized spacial score (nSPS) is 14.6. The Morgan fingerprint density at radius 3 is 1.67 bits per heavy atom. The third-order valence-corrected chi connectivity index (χ3v) is 9.93. The van der Waals surface area contributed by atoms with E-state index < -0.39 is 14.3 Å². The summed E-state index contributed by atoms with van der Waals surface area (Å²) in [6.45, 7) is 16.0. The van der Waals surface area contributed by atoms with E-state index in [1.165, 1.54) is 0 Å². The summed E-state index contributed by atoms with van der Waals surface area (Å²) in [5.41, 5.74) is 1.65. The lowest BCUT2D eigenvalue weighted by Crippen LogP contribution is -2.48. The molecule has 108 valence electrons. The summed E-state index contributed by atoms with van der Waals surface area (Å²) in [5, 5.41) is 8.80. The van der Waals surface area contributed by atoms with E-state index in [1.807, 2.05) is 6.92 Å². The molecule has 4 heteroatoms. The van der Waals surface area contributed by atoms with Gasteiger partial charge in [0.05, 0.1) is 6.42 Å². The van der Waals surface area contributed by atoms with Crippen molar-refractivity contribution in [2.24, 2.45) is 5.92 Å². The molecule has 0 rings (SSSR count). The fourth-order valence-electron chi connectivity index (χ4n) is 3.14. The number of rotatable bonds is 8. The minimum Gasteiger partial charge on any atom is -0.481 e. The van der Waals surface area contributed by atoms with Crippen molar-refractivity contribution in [3.05, 3.63) is 0 Å². The molecule has 0 aromatic carbocycles. The van der Waals surface area contributed by atoms with Crippen molar-refractivity contribution >= 4 is 14.3 Å². The van der Waals surface area contributed by atoms with Gasteiger partial charge in [0.15, 0.2) is 8.32 Å². The van der Waals surface area contributed by atoms with Crippen LogP contribution in [0, 0.1) is 5.92 Å². The van der Waals surface area contributed by atoms with Crippen LogP contribution in [0.1, 0.15) is 54.9 Å². The molecule has 0 aliphatic rings. The number of aliphatic carboxylic acids is 1. The predicted octanol–water partition coefficient (Wildman–Crippen LogP) is 4.29. The Morgan fingerprint density at radius 1 is 1.00 bits per heavy atom. The molecule has 1 N–H and O–H groups in total. The monoisotopic (exact) mass is 274 g/mol. The summed E-state index contributed by atoms with van der Waals surface area (Å²) in [7, 11) is -1.83. The van der Waals surface area contributed by atoms with Crippen molar-refractivity contribution in [3.63, 3.8) is 0 Å². The van der Waals surface area contributed by atoms with E-state index in [9.17, 15) is 4.79 Å². The van der Waals surface area contributed by atoms with Crippen LogP contribution in [0.3, 0.4) is 0 Å². The standard InChI is InChI=1S/C14H30O3Si/c1-10(2)18(11(3)4,12(5)6)17-9-13(7)8-14(15)16/h10-13H,8-9H2,1-7H3,(H,15,16)/t13-/m0/s1. The zero-order chi connectivity index (χ0) is 14.5. The number of carboxylic acids is 1. The first kappa shape index (κ1) is 17.6. The highest BCUT2D eigenvalue weighted by molar-refractivity contribution is 6.77. The summed E-state index contributed by atoms with van der Waals surface area (Å²) < 4.78 is 6.35. The first-order valence-corrected chi connectivity index (χ1v) is 9.14. The summed E-state index contributed by atoms with van der Waals surface area (Å²) >= 11 is 0. The van der Waals surface area contributed by atoms with Crippen LogP contribution in [0.5, 0.6) is 0 Å². The molecule has 0 aliphatic carbocycles. The molecule has 0 fully saturated rings. The second-order valence-corrected chi connectivity index (χ2v) is 11.8. The van der Waals surface area contributed by atoms with Crippen LogP contribution in [0.15, 0.2) is 0 Å². The lowest BCUT2D eigenvalue weighted by Gasteiger charge is -2.42. The maximum absolute atomic E-state index is 10.7. The Morgan fingerprint density at radius 2 is 1.39 bits per heavy atom. The van der Waals surface area contributed by atoms with Gasteiger partial charge < -0.3 is 9.53 Å². The molecular formula is C14H30O3Si. The van der Waals surface area contributed by atoms with Crippen molar-refractivity contribution < 1.29 is 14.3 Å². The lowest BCUT2D eigenvalue weighted by atomic mass is 10.1.